The molecule has 0 aliphatic rings. The first-order valence-electron chi connectivity index (χ1n) is 5.19. The number of pyridine rings is 1. The van der Waals surface area contributed by atoms with Crippen LogP contribution in [0.1, 0.15) is 17.2 Å². The predicted octanol–water partition coefficient (Wildman–Crippen LogP) is 3.72. The van der Waals surface area contributed by atoms with Gasteiger partial charge in [-0.05, 0) is 58.0 Å². The summed E-state index contributed by atoms with van der Waals surface area (Å²) < 4.78 is 2.06. The molecule has 1 N–H and O–H groups in total. The molecule has 1 unspecified atom stereocenters. The number of aliphatic hydroxyl groups excluding tert-OH is 1. The first kappa shape index (κ1) is 13.0. The zero-order valence-electron chi connectivity index (χ0n) is 8.98. The Kier molecular flexibility index (Phi) is 4.53. The number of rotatable bonds is 3. The Morgan fingerprint density at radius 3 is 2.88 bits per heavy atom. The van der Waals surface area contributed by atoms with Crippen molar-refractivity contribution in [1.82, 2.24) is 4.98 Å². The topological polar surface area (TPSA) is 33.1 Å². The zero-order chi connectivity index (χ0) is 12.3. The first-order valence-corrected chi connectivity index (χ1v) is 7.06. The van der Waals surface area contributed by atoms with Crippen molar-refractivity contribution in [2.24, 2.45) is 0 Å². The fourth-order valence-corrected chi connectivity index (χ4v) is 2.65. The lowest BCUT2D eigenvalue weighted by Crippen LogP contribution is -2.03. The third kappa shape index (κ3) is 3.50. The molecule has 88 valence electrons. The Balaban J connectivity index is 2.20. The highest BCUT2D eigenvalue weighted by Gasteiger charge is 2.12. The van der Waals surface area contributed by atoms with E-state index in [-0.39, 0.29) is 0 Å². The lowest BCUT2D eigenvalue weighted by Gasteiger charge is -2.13. The highest BCUT2D eigenvalue weighted by Crippen LogP contribution is 2.27. The molecule has 1 heterocycles. The van der Waals surface area contributed by atoms with E-state index in [1.54, 1.807) is 12.4 Å². The van der Waals surface area contributed by atoms with E-state index in [0.717, 1.165) is 19.2 Å². The number of aliphatic hydroxyl groups is 1. The lowest BCUT2D eigenvalue weighted by molar-refractivity contribution is 0.177. The van der Waals surface area contributed by atoms with Crippen molar-refractivity contribution >= 4 is 38.5 Å². The molecule has 2 rings (SSSR count). The Morgan fingerprint density at radius 2 is 2.18 bits per heavy atom. The Bertz CT molecular complexity index is 504. The highest BCUT2D eigenvalue weighted by atomic mass is 127. The molecular weight excluding hydrogens is 393 g/mol. The van der Waals surface area contributed by atoms with Crippen LogP contribution in [0.4, 0.5) is 0 Å². The highest BCUT2D eigenvalue weighted by molar-refractivity contribution is 14.1. The van der Waals surface area contributed by atoms with Crippen molar-refractivity contribution in [3.8, 4) is 0 Å². The molecule has 0 amide bonds. The summed E-state index contributed by atoms with van der Waals surface area (Å²) >= 11 is 5.71. The smallest absolute Gasteiger partial charge is 0.0842 e. The van der Waals surface area contributed by atoms with Gasteiger partial charge in [0.15, 0.2) is 0 Å². The van der Waals surface area contributed by atoms with Crippen LogP contribution < -0.4 is 0 Å². The fourth-order valence-electron chi connectivity index (χ4n) is 1.62. The second kappa shape index (κ2) is 5.93. The first-order chi connectivity index (χ1) is 8.16. The molecule has 2 nitrogen and oxygen atoms in total. The molecular formula is C13H11BrINO. The van der Waals surface area contributed by atoms with E-state index in [0.29, 0.717) is 6.42 Å². The third-order valence-corrected chi connectivity index (χ3v) is 3.86. The number of hydrogen-bond donors (Lipinski definition) is 1. The fraction of sp³-hybridized carbons (Fsp3) is 0.154. The summed E-state index contributed by atoms with van der Waals surface area (Å²) in [6.07, 6.45) is 3.58. The van der Waals surface area contributed by atoms with Gasteiger partial charge in [0.05, 0.1) is 6.10 Å². The lowest BCUT2D eigenvalue weighted by atomic mass is 10.0. The van der Waals surface area contributed by atoms with Gasteiger partial charge in [0.25, 0.3) is 0 Å². The van der Waals surface area contributed by atoms with Gasteiger partial charge in [-0.2, -0.15) is 0 Å². The van der Waals surface area contributed by atoms with Crippen LogP contribution in [-0.2, 0) is 6.42 Å². The molecule has 17 heavy (non-hydrogen) atoms. The van der Waals surface area contributed by atoms with Crippen molar-refractivity contribution in [2.45, 2.75) is 12.5 Å². The van der Waals surface area contributed by atoms with E-state index in [4.69, 9.17) is 0 Å². The molecule has 2 aromatic rings. The van der Waals surface area contributed by atoms with Crippen LogP contribution in [0.3, 0.4) is 0 Å². The van der Waals surface area contributed by atoms with Gasteiger partial charge in [0, 0.05) is 26.9 Å². The zero-order valence-corrected chi connectivity index (χ0v) is 12.7. The number of hydrogen-bond acceptors (Lipinski definition) is 2. The summed E-state index contributed by atoms with van der Waals surface area (Å²) in [7, 11) is 0. The van der Waals surface area contributed by atoms with E-state index in [9.17, 15) is 5.11 Å². The summed E-state index contributed by atoms with van der Waals surface area (Å²) in [4.78, 5) is 4.05. The molecule has 0 saturated carbocycles. The Labute approximate surface area is 122 Å². The van der Waals surface area contributed by atoms with Crippen LogP contribution in [0.2, 0.25) is 0 Å². The van der Waals surface area contributed by atoms with Gasteiger partial charge in [-0.1, -0.05) is 22.0 Å². The molecule has 0 aliphatic carbocycles. The molecule has 0 fully saturated rings. The van der Waals surface area contributed by atoms with Crippen LogP contribution in [0.25, 0.3) is 0 Å². The van der Waals surface area contributed by atoms with Gasteiger partial charge in [0.1, 0.15) is 0 Å². The SMILES string of the molecule is OC(Cc1cccnc1)c1cc(I)ccc1Br. The standard InChI is InChI=1S/C13H11BrINO/c14-12-4-3-10(15)7-11(12)13(17)6-9-2-1-5-16-8-9/h1-5,7-8,13,17H,6H2. The normalized spacial score (nSPS) is 12.4. The van der Waals surface area contributed by atoms with E-state index >= 15 is 0 Å². The predicted molar refractivity (Wildman–Crippen MR) is 79.8 cm³/mol. The molecule has 0 bridgehead atoms. The number of aromatic nitrogens is 1. The second-order valence-corrected chi connectivity index (χ2v) is 5.85. The minimum absolute atomic E-state index is 0.511. The van der Waals surface area contributed by atoms with Gasteiger partial charge in [0.2, 0.25) is 0 Å². The van der Waals surface area contributed by atoms with Crippen molar-refractivity contribution in [1.29, 1.82) is 0 Å². The molecule has 0 spiro atoms. The second-order valence-electron chi connectivity index (χ2n) is 3.75. The quantitative estimate of drug-likeness (QED) is 0.792. The average Bonchev–Trinajstić information content (AvgIpc) is 2.33. The third-order valence-electron chi connectivity index (χ3n) is 2.47. The van der Waals surface area contributed by atoms with Crippen LogP contribution in [0.5, 0.6) is 0 Å². The van der Waals surface area contributed by atoms with Crippen molar-refractivity contribution in [2.75, 3.05) is 0 Å². The van der Waals surface area contributed by atoms with Crippen molar-refractivity contribution in [3.05, 3.63) is 61.9 Å². The Hall–Kier alpha value is -0.460. The maximum atomic E-state index is 10.2. The summed E-state index contributed by atoms with van der Waals surface area (Å²) in [5.41, 5.74) is 1.95. The van der Waals surface area contributed by atoms with E-state index in [2.05, 4.69) is 43.5 Å². The van der Waals surface area contributed by atoms with Crippen LogP contribution in [-0.4, -0.2) is 10.1 Å². The summed E-state index contributed by atoms with van der Waals surface area (Å²) in [6, 6.07) is 9.81. The molecule has 0 saturated heterocycles. The number of nitrogens with zero attached hydrogens (tertiary/aromatic N) is 1. The van der Waals surface area contributed by atoms with E-state index < -0.39 is 6.10 Å². The number of halogens is 2. The van der Waals surface area contributed by atoms with Gasteiger partial charge >= 0.3 is 0 Å². The summed E-state index contributed by atoms with van der Waals surface area (Å²) in [6.45, 7) is 0. The van der Waals surface area contributed by atoms with E-state index in [1.165, 1.54) is 0 Å². The van der Waals surface area contributed by atoms with Gasteiger partial charge < -0.3 is 5.11 Å². The molecule has 1 aromatic heterocycles. The minimum Gasteiger partial charge on any atom is -0.388 e. The molecule has 4 heteroatoms. The van der Waals surface area contributed by atoms with Crippen LogP contribution >= 0.6 is 38.5 Å². The van der Waals surface area contributed by atoms with Crippen molar-refractivity contribution < 1.29 is 5.11 Å². The van der Waals surface area contributed by atoms with Gasteiger partial charge in [-0.3, -0.25) is 4.98 Å². The summed E-state index contributed by atoms with van der Waals surface area (Å²) in [5, 5.41) is 10.2. The van der Waals surface area contributed by atoms with E-state index in [1.807, 2.05) is 30.3 Å². The Morgan fingerprint density at radius 1 is 1.35 bits per heavy atom. The molecule has 1 aromatic carbocycles. The largest absolute Gasteiger partial charge is 0.388 e. The molecule has 0 aliphatic heterocycles. The molecule has 0 radical (unpaired) electrons. The van der Waals surface area contributed by atoms with Gasteiger partial charge in [-0.25, -0.2) is 0 Å². The average molecular weight is 404 g/mol. The van der Waals surface area contributed by atoms with Crippen LogP contribution in [0, 0.1) is 3.57 Å². The minimum atomic E-state index is -0.511. The monoisotopic (exact) mass is 403 g/mol. The van der Waals surface area contributed by atoms with Crippen LogP contribution in [0.15, 0.2) is 47.2 Å². The maximum absolute atomic E-state index is 10.2. The van der Waals surface area contributed by atoms with Crippen molar-refractivity contribution in [3.63, 3.8) is 0 Å². The summed E-state index contributed by atoms with van der Waals surface area (Å²) in [5.74, 6) is 0. The maximum Gasteiger partial charge on any atom is 0.0842 e. The van der Waals surface area contributed by atoms with Gasteiger partial charge in [-0.15, -0.1) is 0 Å². The molecule has 1 atom stereocenters. The number of benzene rings is 1.